The molecule has 3 unspecified atom stereocenters. The molecule has 0 saturated heterocycles. The van der Waals surface area contributed by atoms with Gasteiger partial charge in [-0.1, -0.05) is 25.7 Å². The lowest BCUT2D eigenvalue weighted by Gasteiger charge is -2.45. The maximum atomic E-state index is 12.9. The summed E-state index contributed by atoms with van der Waals surface area (Å²) in [7, 11) is 0. The molecule has 2 fully saturated rings. The van der Waals surface area contributed by atoms with Crippen LogP contribution in [0.2, 0.25) is 0 Å². The molecular formula is C12H16F6O. The summed E-state index contributed by atoms with van der Waals surface area (Å²) in [4.78, 5) is 0. The lowest BCUT2D eigenvalue weighted by Crippen LogP contribution is -2.64. The second-order valence-electron chi connectivity index (χ2n) is 5.65. The molecule has 2 rings (SSSR count). The highest BCUT2D eigenvalue weighted by Crippen LogP contribution is 2.57. The van der Waals surface area contributed by atoms with Gasteiger partial charge < -0.3 is 5.11 Å². The summed E-state index contributed by atoms with van der Waals surface area (Å²) >= 11 is 0. The number of fused-ring (bicyclic) bond motifs is 1. The highest BCUT2D eigenvalue weighted by atomic mass is 19.4. The largest absolute Gasteiger partial charge is 0.426 e. The van der Waals surface area contributed by atoms with Crippen LogP contribution in [0.25, 0.3) is 0 Å². The standard InChI is InChI=1S/C12H16F6O/c13-11(14,15)10(19,12(16,17)18)9-6-2-4-7-3-1-5-8(7)9/h7-9,19H,1-6H2. The van der Waals surface area contributed by atoms with E-state index in [-0.39, 0.29) is 12.3 Å². The fraction of sp³-hybridized carbons (Fsp3) is 1.00. The summed E-state index contributed by atoms with van der Waals surface area (Å²) in [5, 5.41) is 9.51. The van der Waals surface area contributed by atoms with Crippen LogP contribution in [0.3, 0.4) is 0 Å². The maximum Gasteiger partial charge on any atom is 0.426 e. The van der Waals surface area contributed by atoms with Crippen molar-refractivity contribution in [3.63, 3.8) is 0 Å². The molecule has 0 radical (unpaired) electrons. The average molecular weight is 290 g/mol. The van der Waals surface area contributed by atoms with E-state index >= 15 is 0 Å². The van der Waals surface area contributed by atoms with E-state index in [1.54, 1.807) is 0 Å². The van der Waals surface area contributed by atoms with Gasteiger partial charge in [0.15, 0.2) is 0 Å². The van der Waals surface area contributed by atoms with E-state index in [0.29, 0.717) is 32.1 Å². The predicted octanol–water partition coefficient (Wildman–Crippen LogP) is 4.06. The molecule has 0 aromatic carbocycles. The van der Waals surface area contributed by atoms with Crippen molar-refractivity contribution in [3.8, 4) is 0 Å². The Kier molecular flexibility index (Phi) is 3.56. The zero-order valence-electron chi connectivity index (χ0n) is 10.2. The Morgan fingerprint density at radius 2 is 1.21 bits per heavy atom. The molecule has 0 amide bonds. The Balaban J connectivity index is 2.38. The fourth-order valence-corrected chi connectivity index (χ4v) is 3.87. The first-order valence-electron chi connectivity index (χ1n) is 6.45. The van der Waals surface area contributed by atoms with Gasteiger partial charge >= 0.3 is 12.4 Å². The topological polar surface area (TPSA) is 20.2 Å². The van der Waals surface area contributed by atoms with E-state index in [2.05, 4.69) is 0 Å². The number of halogens is 6. The molecule has 2 saturated carbocycles. The highest BCUT2D eigenvalue weighted by molar-refractivity contribution is 5.04. The number of aliphatic hydroxyl groups is 1. The van der Waals surface area contributed by atoms with Gasteiger partial charge in [-0.05, 0) is 24.7 Å². The molecule has 0 heterocycles. The van der Waals surface area contributed by atoms with Crippen LogP contribution in [-0.4, -0.2) is 23.1 Å². The normalized spacial score (nSPS) is 33.3. The summed E-state index contributed by atoms with van der Waals surface area (Å²) in [5.74, 6) is -2.52. The van der Waals surface area contributed by atoms with Crippen LogP contribution in [0.5, 0.6) is 0 Å². The number of rotatable bonds is 1. The Hall–Kier alpha value is -0.460. The van der Waals surface area contributed by atoms with Gasteiger partial charge in [0.2, 0.25) is 0 Å². The lowest BCUT2D eigenvalue weighted by atomic mass is 9.66. The average Bonchev–Trinajstić information content (AvgIpc) is 2.72. The summed E-state index contributed by atoms with van der Waals surface area (Å²) in [6, 6.07) is 0. The quantitative estimate of drug-likeness (QED) is 0.722. The minimum Gasteiger partial charge on any atom is -0.373 e. The van der Waals surface area contributed by atoms with Crippen LogP contribution in [0, 0.1) is 17.8 Å². The smallest absolute Gasteiger partial charge is 0.373 e. The van der Waals surface area contributed by atoms with Crippen molar-refractivity contribution in [1.29, 1.82) is 0 Å². The maximum absolute atomic E-state index is 12.9. The minimum absolute atomic E-state index is 0.102. The van der Waals surface area contributed by atoms with Crippen LogP contribution in [0.1, 0.15) is 38.5 Å². The van der Waals surface area contributed by atoms with Gasteiger partial charge in [0.25, 0.3) is 5.60 Å². The third-order valence-electron chi connectivity index (χ3n) is 4.73. The van der Waals surface area contributed by atoms with Gasteiger partial charge in [0, 0.05) is 5.92 Å². The van der Waals surface area contributed by atoms with E-state index < -0.39 is 29.8 Å². The van der Waals surface area contributed by atoms with Crippen LogP contribution in [0.15, 0.2) is 0 Å². The van der Waals surface area contributed by atoms with Crippen LogP contribution in [-0.2, 0) is 0 Å². The molecule has 0 aromatic heterocycles. The molecule has 19 heavy (non-hydrogen) atoms. The van der Waals surface area contributed by atoms with Gasteiger partial charge in [-0.25, -0.2) is 0 Å². The van der Waals surface area contributed by atoms with E-state index in [9.17, 15) is 31.4 Å². The van der Waals surface area contributed by atoms with Crippen molar-refractivity contribution in [1.82, 2.24) is 0 Å². The molecule has 112 valence electrons. The molecule has 3 atom stereocenters. The Labute approximate surface area is 107 Å². The number of hydrogen-bond donors (Lipinski definition) is 1. The SMILES string of the molecule is OC(C1CCCC2CCCC21)(C(F)(F)F)C(F)(F)F. The first kappa shape index (κ1) is 14.9. The van der Waals surface area contributed by atoms with Crippen molar-refractivity contribution in [3.05, 3.63) is 0 Å². The van der Waals surface area contributed by atoms with Gasteiger partial charge in [0.1, 0.15) is 0 Å². The van der Waals surface area contributed by atoms with Crippen molar-refractivity contribution in [2.45, 2.75) is 56.5 Å². The zero-order valence-corrected chi connectivity index (χ0v) is 10.2. The summed E-state index contributed by atoms with van der Waals surface area (Å²) in [6.45, 7) is 0. The molecule has 2 aliphatic carbocycles. The van der Waals surface area contributed by atoms with Crippen LogP contribution >= 0.6 is 0 Å². The molecule has 7 heteroatoms. The first-order valence-corrected chi connectivity index (χ1v) is 6.45. The number of hydrogen-bond acceptors (Lipinski definition) is 1. The van der Waals surface area contributed by atoms with Crippen LogP contribution < -0.4 is 0 Å². The summed E-state index contributed by atoms with van der Waals surface area (Å²) in [5.41, 5.74) is -4.56. The molecule has 1 nitrogen and oxygen atoms in total. The predicted molar refractivity (Wildman–Crippen MR) is 55.2 cm³/mol. The van der Waals surface area contributed by atoms with E-state index in [0.717, 1.165) is 0 Å². The van der Waals surface area contributed by atoms with E-state index in [4.69, 9.17) is 0 Å². The molecule has 2 aliphatic rings. The second kappa shape index (κ2) is 4.53. The van der Waals surface area contributed by atoms with Gasteiger partial charge in [0.05, 0.1) is 0 Å². The molecule has 0 spiro atoms. The molecule has 0 bridgehead atoms. The van der Waals surface area contributed by atoms with E-state index in [1.807, 2.05) is 0 Å². The zero-order chi connectivity index (χ0) is 14.5. The van der Waals surface area contributed by atoms with Crippen LogP contribution in [0.4, 0.5) is 26.3 Å². The molecule has 0 aromatic rings. The fourth-order valence-electron chi connectivity index (χ4n) is 3.87. The monoisotopic (exact) mass is 290 g/mol. The highest BCUT2D eigenvalue weighted by Gasteiger charge is 2.75. The van der Waals surface area contributed by atoms with Crippen molar-refractivity contribution >= 4 is 0 Å². The van der Waals surface area contributed by atoms with Gasteiger partial charge in [-0.15, -0.1) is 0 Å². The summed E-state index contributed by atoms with van der Waals surface area (Å²) < 4.78 is 77.2. The lowest BCUT2D eigenvalue weighted by molar-refractivity contribution is -0.392. The van der Waals surface area contributed by atoms with Crippen molar-refractivity contribution in [2.24, 2.45) is 17.8 Å². The van der Waals surface area contributed by atoms with E-state index in [1.165, 1.54) is 0 Å². The molecule has 0 aliphatic heterocycles. The van der Waals surface area contributed by atoms with Crippen molar-refractivity contribution < 1.29 is 31.4 Å². The summed E-state index contributed by atoms with van der Waals surface area (Å²) in [6.07, 6.45) is -8.90. The third-order valence-corrected chi connectivity index (χ3v) is 4.73. The van der Waals surface area contributed by atoms with Crippen molar-refractivity contribution in [2.75, 3.05) is 0 Å². The molecule has 1 N–H and O–H groups in total. The van der Waals surface area contributed by atoms with Gasteiger partial charge in [-0.2, -0.15) is 26.3 Å². The Bertz CT molecular complexity index is 320. The Morgan fingerprint density at radius 1 is 0.737 bits per heavy atom. The Morgan fingerprint density at radius 3 is 1.68 bits per heavy atom. The molecular weight excluding hydrogens is 274 g/mol. The third kappa shape index (κ3) is 2.23. The minimum atomic E-state index is -5.68. The first-order chi connectivity index (χ1) is 8.59. The van der Waals surface area contributed by atoms with Gasteiger partial charge in [-0.3, -0.25) is 0 Å². The number of alkyl halides is 6. The second-order valence-corrected chi connectivity index (χ2v) is 5.65.